The van der Waals surface area contributed by atoms with Crippen molar-refractivity contribution in [3.05, 3.63) is 77.6 Å². The van der Waals surface area contributed by atoms with Gasteiger partial charge in [0.25, 0.3) is 0 Å². The molecule has 10 nitrogen and oxygen atoms in total. The highest BCUT2D eigenvalue weighted by Crippen LogP contribution is 2.33. The van der Waals surface area contributed by atoms with Crippen molar-refractivity contribution >= 4 is 17.5 Å². The van der Waals surface area contributed by atoms with Crippen molar-refractivity contribution in [2.24, 2.45) is 0 Å². The topological polar surface area (TPSA) is 102 Å². The number of para-hydroxylation sites is 1. The van der Waals surface area contributed by atoms with Gasteiger partial charge >= 0.3 is 0 Å². The van der Waals surface area contributed by atoms with Crippen LogP contribution in [0.3, 0.4) is 0 Å². The molecule has 3 aromatic rings. The molecule has 2 aromatic carbocycles. The lowest BCUT2D eigenvalue weighted by molar-refractivity contribution is -0.136. The van der Waals surface area contributed by atoms with E-state index in [9.17, 15) is 9.59 Å². The third-order valence-corrected chi connectivity index (χ3v) is 7.73. The first kappa shape index (κ1) is 30.3. The Morgan fingerprint density at radius 3 is 2.56 bits per heavy atom. The highest BCUT2D eigenvalue weighted by atomic mass is 16.5. The Morgan fingerprint density at radius 1 is 1.02 bits per heavy atom. The van der Waals surface area contributed by atoms with Gasteiger partial charge in [-0.15, -0.1) is 0 Å². The molecule has 1 saturated carbocycles. The van der Waals surface area contributed by atoms with Crippen molar-refractivity contribution in [2.45, 2.75) is 51.4 Å². The zero-order valence-electron chi connectivity index (χ0n) is 25.1. The molecule has 2 amide bonds. The zero-order chi connectivity index (χ0) is 30.2. The number of pyridine rings is 1. The zero-order valence-corrected chi connectivity index (χ0v) is 25.1. The van der Waals surface area contributed by atoms with Crippen LogP contribution < -0.4 is 24.4 Å². The van der Waals surface area contributed by atoms with E-state index in [0.717, 1.165) is 41.8 Å². The summed E-state index contributed by atoms with van der Waals surface area (Å²) in [5.41, 5.74) is 3.37. The van der Waals surface area contributed by atoms with E-state index in [1.54, 1.807) is 25.3 Å². The molecule has 5 rings (SSSR count). The van der Waals surface area contributed by atoms with Gasteiger partial charge in [0, 0.05) is 48.6 Å². The summed E-state index contributed by atoms with van der Waals surface area (Å²) < 4.78 is 22.7. The maximum absolute atomic E-state index is 14.0. The van der Waals surface area contributed by atoms with Crippen molar-refractivity contribution in [2.75, 3.05) is 45.4 Å². The smallest absolute Gasteiger partial charge is 0.247 e. The van der Waals surface area contributed by atoms with Gasteiger partial charge in [-0.3, -0.25) is 19.5 Å². The summed E-state index contributed by atoms with van der Waals surface area (Å²) in [6, 6.07) is 16.6. The first-order valence-corrected chi connectivity index (χ1v) is 14.7. The van der Waals surface area contributed by atoms with E-state index < -0.39 is 6.04 Å². The molecule has 1 aliphatic carbocycles. The van der Waals surface area contributed by atoms with Gasteiger partial charge in [0.05, 0.1) is 46.3 Å². The number of rotatable bonds is 14. The number of carbonyl (C=O) groups is 2. The van der Waals surface area contributed by atoms with Gasteiger partial charge in [0.15, 0.2) is 0 Å². The maximum atomic E-state index is 14.0. The fraction of sp³-hybridized carbons (Fsp3) is 0.424. The molecule has 1 saturated heterocycles. The molecular weight excluding hydrogens is 548 g/mol. The molecular formula is C33H40N4O6. The van der Waals surface area contributed by atoms with E-state index in [-0.39, 0.29) is 24.4 Å². The van der Waals surface area contributed by atoms with Crippen LogP contribution in [0.25, 0.3) is 0 Å². The molecule has 2 heterocycles. The van der Waals surface area contributed by atoms with Crippen LogP contribution in [0.15, 0.2) is 60.8 Å². The van der Waals surface area contributed by atoms with Crippen LogP contribution >= 0.6 is 0 Å². The van der Waals surface area contributed by atoms with Gasteiger partial charge in [0.2, 0.25) is 11.8 Å². The summed E-state index contributed by atoms with van der Waals surface area (Å²) in [4.78, 5) is 35.0. The van der Waals surface area contributed by atoms with Crippen LogP contribution in [0, 0.1) is 6.92 Å². The fourth-order valence-electron chi connectivity index (χ4n) is 5.40. The minimum absolute atomic E-state index is 0.0759. The summed E-state index contributed by atoms with van der Waals surface area (Å²) in [6.45, 7) is 4.38. The van der Waals surface area contributed by atoms with E-state index in [4.69, 9.17) is 18.9 Å². The number of amides is 2. The third kappa shape index (κ3) is 7.44. The van der Waals surface area contributed by atoms with Crippen LogP contribution in [0.1, 0.15) is 36.1 Å². The summed E-state index contributed by atoms with van der Waals surface area (Å²) in [5, 5.41) is 3.13. The fourth-order valence-corrected chi connectivity index (χ4v) is 5.40. The molecule has 2 aliphatic rings. The van der Waals surface area contributed by atoms with E-state index in [0.29, 0.717) is 50.1 Å². The number of nitrogens with one attached hydrogen (secondary N) is 1. The number of methoxy groups -OCH3 is 2. The molecule has 0 spiro atoms. The summed E-state index contributed by atoms with van der Waals surface area (Å²) in [5.74, 6) is 1.98. The summed E-state index contributed by atoms with van der Waals surface area (Å²) in [6.07, 6.45) is 4.36. The van der Waals surface area contributed by atoms with Crippen LogP contribution in [-0.4, -0.2) is 74.3 Å². The Bertz CT molecular complexity index is 1390. The molecule has 0 bridgehead atoms. The third-order valence-electron chi connectivity index (χ3n) is 7.73. The molecule has 2 fully saturated rings. The number of ether oxygens (including phenoxy) is 4. The highest BCUT2D eigenvalue weighted by Gasteiger charge is 2.41. The van der Waals surface area contributed by atoms with E-state index in [1.165, 1.54) is 0 Å². The number of aryl methyl sites for hydroxylation is 1. The standard InChI is InChI=1S/C33H40N4O6/c1-23-32(41-3)24(15-16-35-23)21-36(26-9-10-26)33(39)29-19-34-20-31(38)37(29)27-11-13-28(14-12-27)43-18-6-17-42-22-25-7-4-5-8-30(25)40-2/h4-5,7-8,11-16,26,29,34H,6,9-10,17-22H2,1-3H3/t29-/m1/s1. The molecule has 1 aromatic heterocycles. The van der Waals surface area contributed by atoms with Crippen molar-refractivity contribution in [1.29, 1.82) is 0 Å². The predicted molar refractivity (Wildman–Crippen MR) is 162 cm³/mol. The highest BCUT2D eigenvalue weighted by molar-refractivity contribution is 6.03. The first-order valence-electron chi connectivity index (χ1n) is 14.7. The molecule has 10 heteroatoms. The van der Waals surface area contributed by atoms with Gasteiger partial charge in [-0.2, -0.15) is 0 Å². The Balaban J connectivity index is 1.18. The summed E-state index contributed by atoms with van der Waals surface area (Å²) >= 11 is 0. The maximum Gasteiger partial charge on any atom is 0.247 e. The number of hydrogen-bond acceptors (Lipinski definition) is 8. The van der Waals surface area contributed by atoms with Crippen LogP contribution in [0.4, 0.5) is 5.69 Å². The predicted octanol–water partition coefficient (Wildman–Crippen LogP) is 3.89. The number of nitrogens with zero attached hydrogens (tertiary/aromatic N) is 3. The number of carbonyl (C=O) groups excluding carboxylic acids is 2. The van der Waals surface area contributed by atoms with E-state index in [1.807, 2.05) is 66.4 Å². The molecule has 0 radical (unpaired) electrons. The SMILES string of the molecule is COc1ccccc1COCCCOc1ccc(N2C(=O)CNC[C@@H]2C(=O)N(Cc2ccnc(C)c2OC)C2CC2)cc1. The Hall–Kier alpha value is -4.15. The molecule has 1 N–H and O–H groups in total. The second-order valence-electron chi connectivity index (χ2n) is 10.8. The van der Waals surface area contributed by atoms with Gasteiger partial charge in [-0.1, -0.05) is 18.2 Å². The average molecular weight is 589 g/mol. The lowest BCUT2D eigenvalue weighted by Crippen LogP contribution is -2.61. The minimum Gasteiger partial charge on any atom is -0.496 e. The number of aromatic nitrogens is 1. The minimum atomic E-state index is -0.650. The second-order valence-corrected chi connectivity index (χ2v) is 10.8. The monoisotopic (exact) mass is 588 g/mol. The number of benzene rings is 2. The molecule has 0 unspecified atom stereocenters. The summed E-state index contributed by atoms with van der Waals surface area (Å²) in [7, 11) is 3.27. The Kier molecular flexibility index (Phi) is 10.1. The lowest BCUT2D eigenvalue weighted by Gasteiger charge is -2.38. The Labute approximate surface area is 252 Å². The van der Waals surface area contributed by atoms with Gasteiger partial charge in [-0.25, -0.2) is 0 Å². The normalized spacial score (nSPS) is 16.6. The van der Waals surface area contributed by atoms with Gasteiger partial charge in [-0.05, 0) is 56.2 Å². The quantitative estimate of drug-likeness (QED) is 0.283. The molecule has 43 heavy (non-hydrogen) atoms. The number of piperazine rings is 1. The average Bonchev–Trinajstić information content (AvgIpc) is 3.87. The lowest BCUT2D eigenvalue weighted by atomic mass is 10.1. The second kappa shape index (κ2) is 14.3. The van der Waals surface area contributed by atoms with Crippen LogP contribution in [0.5, 0.6) is 17.2 Å². The first-order chi connectivity index (χ1) is 21.0. The van der Waals surface area contributed by atoms with Crippen LogP contribution in [-0.2, 0) is 27.5 Å². The number of anilines is 1. The Morgan fingerprint density at radius 2 is 1.81 bits per heavy atom. The van der Waals surface area contributed by atoms with Crippen molar-refractivity contribution in [3.63, 3.8) is 0 Å². The van der Waals surface area contributed by atoms with Gasteiger partial charge < -0.3 is 29.2 Å². The van der Waals surface area contributed by atoms with Gasteiger partial charge in [0.1, 0.15) is 23.3 Å². The molecule has 228 valence electrons. The van der Waals surface area contributed by atoms with E-state index in [2.05, 4.69) is 10.3 Å². The molecule has 1 atom stereocenters. The number of hydrogen-bond donors (Lipinski definition) is 1. The van der Waals surface area contributed by atoms with E-state index >= 15 is 0 Å². The van der Waals surface area contributed by atoms with Crippen molar-refractivity contribution < 1.29 is 28.5 Å². The molecule has 1 aliphatic heterocycles. The van der Waals surface area contributed by atoms with Crippen molar-refractivity contribution in [1.82, 2.24) is 15.2 Å². The van der Waals surface area contributed by atoms with Crippen LogP contribution in [0.2, 0.25) is 0 Å². The largest absolute Gasteiger partial charge is 0.496 e. The van der Waals surface area contributed by atoms with Crippen molar-refractivity contribution in [3.8, 4) is 17.2 Å².